The zero-order valence-corrected chi connectivity index (χ0v) is 10.6. The van der Waals surface area contributed by atoms with Gasteiger partial charge < -0.3 is 22.9 Å². The number of anilines is 4. The molecule has 2 aromatic rings. The van der Waals surface area contributed by atoms with Gasteiger partial charge in [0.15, 0.2) is 0 Å². The second-order valence-corrected chi connectivity index (χ2v) is 4.54. The number of benzene rings is 2. The standard InChI is InChI=1S/C14H18N4/c1-7-5-10(8(2)14(18)13(7)17)9-3-4-11(15)12(16)6-9/h3-6H,15-18H2,1-2H3. The van der Waals surface area contributed by atoms with Crippen molar-refractivity contribution in [2.45, 2.75) is 13.8 Å². The Labute approximate surface area is 107 Å². The molecular formula is C14H18N4. The summed E-state index contributed by atoms with van der Waals surface area (Å²) in [5.41, 5.74) is 29.8. The van der Waals surface area contributed by atoms with Crippen LogP contribution in [0, 0.1) is 13.8 Å². The molecule has 0 fully saturated rings. The van der Waals surface area contributed by atoms with Crippen LogP contribution >= 0.6 is 0 Å². The molecule has 0 saturated heterocycles. The zero-order valence-electron chi connectivity index (χ0n) is 10.6. The topological polar surface area (TPSA) is 104 Å². The van der Waals surface area contributed by atoms with Gasteiger partial charge in [-0.3, -0.25) is 0 Å². The summed E-state index contributed by atoms with van der Waals surface area (Å²) in [5, 5.41) is 0. The summed E-state index contributed by atoms with van der Waals surface area (Å²) in [6, 6.07) is 7.60. The average molecular weight is 242 g/mol. The number of nitrogens with two attached hydrogens (primary N) is 4. The van der Waals surface area contributed by atoms with E-state index in [4.69, 9.17) is 22.9 Å². The molecule has 4 heteroatoms. The van der Waals surface area contributed by atoms with Crippen LogP contribution in [-0.4, -0.2) is 0 Å². The molecule has 8 N–H and O–H groups in total. The average Bonchev–Trinajstić information content (AvgIpc) is 2.35. The fourth-order valence-corrected chi connectivity index (χ4v) is 2.00. The number of hydrogen-bond donors (Lipinski definition) is 4. The minimum Gasteiger partial charge on any atom is -0.397 e. The molecule has 0 bridgehead atoms. The zero-order chi connectivity index (χ0) is 13.4. The van der Waals surface area contributed by atoms with Gasteiger partial charge in [-0.15, -0.1) is 0 Å². The van der Waals surface area contributed by atoms with Crippen molar-refractivity contribution in [1.29, 1.82) is 0 Å². The lowest BCUT2D eigenvalue weighted by Crippen LogP contribution is -2.02. The van der Waals surface area contributed by atoms with Gasteiger partial charge in [-0.1, -0.05) is 6.07 Å². The smallest absolute Gasteiger partial charge is 0.0586 e. The van der Waals surface area contributed by atoms with Gasteiger partial charge in [0.05, 0.1) is 22.7 Å². The van der Waals surface area contributed by atoms with Crippen LogP contribution in [0.15, 0.2) is 24.3 Å². The lowest BCUT2D eigenvalue weighted by Gasteiger charge is -2.14. The Morgan fingerprint density at radius 2 is 1.44 bits per heavy atom. The molecule has 0 radical (unpaired) electrons. The predicted octanol–water partition coefficient (Wildman–Crippen LogP) is 2.30. The molecule has 0 saturated carbocycles. The summed E-state index contributed by atoms with van der Waals surface area (Å²) >= 11 is 0. The fourth-order valence-electron chi connectivity index (χ4n) is 2.00. The van der Waals surface area contributed by atoms with Gasteiger partial charge in [0.25, 0.3) is 0 Å². The molecule has 0 unspecified atom stereocenters. The maximum absolute atomic E-state index is 6.01. The van der Waals surface area contributed by atoms with Gasteiger partial charge >= 0.3 is 0 Å². The van der Waals surface area contributed by atoms with Crippen molar-refractivity contribution in [2.75, 3.05) is 22.9 Å². The molecule has 2 rings (SSSR count). The van der Waals surface area contributed by atoms with Crippen molar-refractivity contribution in [1.82, 2.24) is 0 Å². The van der Waals surface area contributed by atoms with Crippen molar-refractivity contribution >= 4 is 22.7 Å². The predicted molar refractivity (Wildman–Crippen MR) is 79.0 cm³/mol. The molecule has 0 amide bonds. The highest BCUT2D eigenvalue weighted by atomic mass is 14.7. The quantitative estimate of drug-likeness (QED) is 0.576. The minimum atomic E-state index is 0.569. The second kappa shape index (κ2) is 4.14. The maximum atomic E-state index is 6.01. The largest absolute Gasteiger partial charge is 0.397 e. The molecule has 0 spiro atoms. The SMILES string of the molecule is Cc1cc(-c2ccc(N)c(N)c2)c(C)c(N)c1N. The molecule has 0 aliphatic rings. The van der Waals surface area contributed by atoms with Gasteiger partial charge in [-0.05, 0) is 54.3 Å². The molecule has 2 aromatic carbocycles. The van der Waals surface area contributed by atoms with Gasteiger partial charge in [0.2, 0.25) is 0 Å². The fraction of sp³-hybridized carbons (Fsp3) is 0.143. The first-order valence-electron chi connectivity index (χ1n) is 5.72. The van der Waals surface area contributed by atoms with E-state index in [2.05, 4.69) is 0 Å². The lowest BCUT2D eigenvalue weighted by molar-refractivity contribution is 1.39. The highest BCUT2D eigenvalue weighted by Crippen LogP contribution is 2.35. The first kappa shape index (κ1) is 12.1. The third-order valence-corrected chi connectivity index (χ3v) is 3.28. The van der Waals surface area contributed by atoms with E-state index in [0.717, 1.165) is 22.3 Å². The molecule has 4 nitrogen and oxygen atoms in total. The van der Waals surface area contributed by atoms with Crippen LogP contribution in [-0.2, 0) is 0 Å². The summed E-state index contributed by atoms with van der Waals surface area (Å²) in [6.45, 7) is 3.89. The van der Waals surface area contributed by atoms with E-state index in [1.807, 2.05) is 32.0 Å². The van der Waals surface area contributed by atoms with Crippen LogP contribution < -0.4 is 22.9 Å². The first-order valence-corrected chi connectivity index (χ1v) is 5.72. The number of aryl methyl sites for hydroxylation is 1. The van der Waals surface area contributed by atoms with E-state index < -0.39 is 0 Å². The lowest BCUT2D eigenvalue weighted by atomic mass is 9.95. The Morgan fingerprint density at radius 3 is 2.06 bits per heavy atom. The van der Waals surface area contributed by atoms with Gasteiger partial charge in [0.1, 0.15) is 0 Å². The van der Waals surface area contributed by atoms with E-state index in [0.29, 0.717) is 22.7 Å². The molecule has 94 valence electrons. The van der Waals surface area contributed by atoms with E-state index in [-0.39, 0.29) is 0 Å². The van der Waals surface area contributed by atoms with E-state index in [1.165, 1.54) is 0 Å². The number of hydrogen-bond acceptors (Lipinski definition) is 4. The van der Waals surface area contributed by atoms with E-state index >= 15 is 0 Å². The van der Waals surface area contributed by atoms with Gasteiger partial charge in [-0.2, -0.15) is 0 Å². The third kappa shape index (κ3) is 1.82. The summed E-state index contributed by atoms with van der Waals surface area (Å²) in [6.07, 6.45) is 0. The Kier molecular flexibility index (Phi) is 2.79. The molecule has 0 aliphatic heterocycles. The van der Waals surface area contributed by atoms with Gasteiger partial charge in [-0.25, -0.2) is 0 Å². The van der Waals surface area contributed by atoms with Crippen molar-refractivity contribution < 1.29 is 0 Å². The summed E-state index contributed by atoms with van der Waals surface area (Å²) < 4.78 is 0. The Bertz CT molecular complexity index is 618. The summed E-state index contributed by atoms with van der Waals surface area (Å²) in [7, 11) is 0. The Balaban J connectivity index is 2.67. The molecule has 0 aromatic heterocycles. The summed E-state index contributed by atoms with van der Waals surface area (Å²) in [5.74, 6) is 0. The van der Waals surface area contributed by atoms with Crippen LogP contribution in [0.5, 0.6) is 0 Å². The van der Waals surface area contributed by atoms with Crippen molar-refractivity contribution in [3.8, 4) is 11.1 Å². The van der Waals surface area contributed by atoms with Crippen LogP contribution in [0.25, 0.3) is 11.1 Å². The van der Waals surface area contributed by atoms with Crippen LogP contribution in [0.4, 0.5) is 22.7 Å². The molecule has 0 aliphatic carbocycles. The number of rotatable bonds is 1. The van der Waals surface area contributed by atoms with Crippen LogP contribution in [0.1, 0.15) is 11.1 Å². The van der Waals surface area contributed by atoms with E-state index in [9.17, 15) is 0 Å². The Morgan fingerprint density at radius 1 is 0.778 bits per heavy atom. The van der Waals surface area contributed by atoms with Gasteiger partial charge in [0, 0.05) is 0 Å². The van der Waals surface area contributed by atoms with Crippen molar-refractivity contribution in [3.05, 3.63) is 35.4 Å². The molecule has 18 heavy (non-hydrogen) atoms. The summed E-state index contributed by atoms with van der Waals surface area (Å²) in [4.78, 5) is 0. The van der Waals surface area contributed by atoms with Crippen molar-refractivity contribution in [2.24, 2.45) is 0 Å². The van der Waals surface area contributed by atoms with Crippen LogP contribution in [0.3, 0.4) is 0 Å². The Hall–Kier alpha value is -2.36. The molecule has 0 heterocycles. The maximum Gasteiger partial charge on any atom is 0.0586 e. The first-order chi connectivity index (χ1) is 8.41. The van der Waals surface area contributed by atoms with Crippen molar-refractivity contribution in [3.63, 3.8) is 0 Å². The third-order valence-electron chi connectivity index (χ3n) is 3.28. The van der Waals surface area contributed by atoms with Crippen LogP contribution in [0.2, 0.25) is 0 Å². The normalized spacial score (nSPS) is 10.6. The monoisotopic (exact) mass is 242 g/mol. The number of nitrogen functional groups attached to an aromatic ring is 4. The molecule has 0 atom stereocenters. The highest BCUT2D eigenvalue weighted by Gasteiger charge is 2.10. The second-order valence-electron chi connectivity index (χ2n) is 4.54. The minimum absolute atomic E-state index is 0.569. The van der Waals surface area contributed by atoms with E-state index in [1.54, 1.807) is 6.07 Å². The highest BCUT2D eigenvalue weighted by molar-refractivity contribution is 5.84. The molecular weight excluding hydrogens is 224 g/mol.